The molecule has 2 N–H and O–H groups in total. The van der Waals surface area contributed by atoms with Gasteiger partial charge in [-0.1, -0.05) is 6.07 Å². The van der Waals surface area contributed by atoms with Crippen LogP contribution in [0.5, 0.6) is 11.5 Å². The average Bonchev–Trinajstić information content (AvgIpc) is 3.30. The summed E-state index contributed by atoms with van der Waals surface area (Å²) in [5, 5.41) is 11.9. The monoisotopic (exact) mass is 387 g/mol. The van der Waals surface area contributed by atoms with Crippen LogP contribution in [0.15, 0.2) is 61.1 Å². The van der Waals surface area contributed by atoms with E-state index in [9.17, 15) is 4.79 Å². The van der Waals surface area contributed by atoms with E-state index in [0.717, 1.165) is 18.5 Å². The number of nitrogens with zero attached hydrogens (tertiary/aromatic N) is 3. The number of hydrogen-bond acceptors (Lipinski definition) is 4. The molecule has 0 aliphatic carbocycles. The number of nitriles is 1. The van der Waals surface area contributed by atoms with Crippen molar-refractivity contribution >= 4 is 11.7 Å². The molecule has 0 saturated carbocycles. The molecule has 1 fully saturated rings. The van der Waals surface area contributed by atoms with Crippen LogP contribution in [0.25, 0.3) is 0 Å². The van der Waals surface area contributed by atoms with Gasteiger partial charge in [-0.25, -0.2) is 9.78 Å². The molecule has 1 aliphatic heterocycles. The number of aromatic amines is 1. The minimum Gasteiger partial charge on any atom is -0.457 e. The lowest BCUT2D eigenvalue weighted by atomic mass is 9.94. The summed E-state index contributed by atoms with van der Waals surface area (Å²) in [7, 11) is 0. The molecule has 7 heteroatoms. The van der Waals surface area contributed by atoms with E-state index in [2.05, 4.69) is 21.4 Å². The zero-order valence-corrected chi connectivity index (χ0v) is 15.8. The van der Waals surface area contributed by atoms with Crippen molar-refractivity contribution in [3.8, 4) is 17.6 Å². The first-order valence-corrected chi connectivity index (χ1v) is 9.53. The van der Waals surface area contributed by atoms with Gasteiger partial charge in [-0.3, -0.25) is 0 Å². The van der Waals surface area contributed by atoms with Crippen molar-refractivity contribution in [3.63, 3.8) is 0 Å². The summed E-state index contributed by atoms with van der Waals surface area (Å²) in [4.78, 5) is 21.6. The van der Waals surface area contributed by atoms with Crippen LogP contribution in [0.4, 0.5) is 10.5 Å². The second-order valence-electron chi connectivity index (χ2n) is 6.96. The Morgan fingerprint density at radius 1 is 1.17 bits per heavy atom. The summed E-state index contributed by atoms with van der Waals surface area (Å²) in [5.74, 6) is 1.66. The van der Waals surface area contributed by atoms with E-state index in [1.54, 1.807) is 54.9 Å². The molecule has 0 atom stereocenters. The Hall–Kier alpha value is -3.79. The molecule has 7 nitrogen and oxygen atoms in total. The number of piperidine rings is 1. The highest BCUT2D eigenvalue weighted by molar-refractivity contribution is 5.89. The van der Waals surface area contributed by atoms with Crippen molar-refractivity contribution in [2.75, 3.05) is 18.4 Å². The van der Waals surface area contributed by atoms with Crippen LogP contribution in [-0.4, -0.2) is 34.0 Å². The zero-order chi connectivity index (χ0) is 20.1. The summed E-state index contributed by atoms with van der Waals surface area (Å²) in [5.41, 5.74) is 2.40. The van der Waals surface area contributed by atoms with Crippen LogP contribution >= 0.6 is 0 Å². The predicted octanol–water partition coefficient (Wildman–Crippen LogP) is 4.49. The lowest BCUT2D eigenvalue weighted by molar-refractivity contribution is 0.194. The molecule has 4 rings (SSSR count). The minimum atomic E-state index is -0.0940. The number of carbonyl (C=O) groups excluding carboxylic acids is 1. The molecule has 29 heavy (non-hydrogen) atoms. The molecule has 1 saturated heterocycles. The second kappa shape index (κ2) is 8.48. The number of carbonyl (C=O) groups is 1. The number of nitrogens with one attached hydrogen (secondary N) is 2. The second-order valence-corrected chi connectivity index (χ2v) is 6.96. The fraction of sp³-hybridized carbons (Fsp3) is 0.227. The van der Waals surface area contributed by atoms with Gasteiger partial charge in [0, 0.05) is 36.6 Å². The third-order valence-corrected chi connectivity index (χ3v) is 5.05. The van der Waals surface area contributed by atoms with E-state index in [0.29, 0.717) is 41.8 Å². The van der Waals surface area contributed by atoms with Crippen molar-refractivity contribution in [2.45, 2.75) is 18.8 Å². The maximum absolute atomic E-state index is 12.5. The Kier molecular flexibility index (Phi) is 5.43. The Labute approximate surface area is 169 Å². The number of anilines is 1. The number of aromatic nitrogens is 2. The summed E-state index contributed by atoms with van der Waals surface area (Å²) in [6.07, 6.45) is 5.40. The number of likely N-dealkylation sites (tertiary alicyclic amines) is 1. The number of amides is 2. The number of rotatable bonds is 4. The zero-order valence-electron chi connectivity index (χ0n) is 15.8. The molecule has 146 valence electrons. The molecular formula is C22H21N5O2. The highest BCUT2D eigenvalue weighted by Gasteiger charge is 2.24. The first-order chi connectivity index (χ1) is 14.2. The largest absolute Gasteiger partial charge is 0.457 e. The number of imidazole rings is 1. The van der Waals surface area contributed by atoms with Crippen LogP contribution in [0.1, 0.15) is 30.0 Å². The Morgan fingerprint density at radius 2 is 1.97 bits per heavy atom. The van der Waals surface area contributed by atoms with Crippen molar-refractivity contribution in [3.05, 3.63) is 72.3 Å². The molecule has 3 aromatic rings. The maximum Gasteiger partial charge on any atom is 0.321 e. The smallest absolute Gasteiger partial charge is 0.321 e. The highest BCUT2D eigenvalue weighted by atomic mass is 16.5. The molecule has 2 heterocycles. The number of hydrogen-bond donors (Lipinski definition) is 2. The lowest BCUT2D eigenvalue weighted by Gasteiger charge is -2.31. The fourth-order valence-corrected chi connectivity index (χ4v) is 3.46. The minimum absolute atomic E-state index is 0.0940. The first-order valence-electron chi connectivity index (χ1n) is 9.53. The van der Waals surface area contributed by atoms with Gasteiger partial charge in [0.15, 0.2) is 0 Å². The maximum atomic E-state index is 12.5. The molecular weight excluding hydrogens is 366 g/mol. The van der Waals surface area contributed by atoms with Gasteiger partial charge < -0.3 is 19.9 Å². The van der Waals surface area contributed by atoms with E-state index in [4.69, 9.17) is 10.00 Å². The van der Waals surface area contributed by atoms with Gasteiger partial charge in [0.25, 0.3) is 0 Å². The van der Waals surface area contributed by atoms with Crippen molar-refractivity contribution in [2.24, 2.45) is 0 Å². The third kappa shape index (κ3) is 4.55. The van der Waals surface area contributed by atoms with Crippen LogP contribution in [0.2, 0.25) is 0 Å². The van der Waals surface area contributed by atoms with E-state index in [1.807, 2.05) is 11.1 Å². The molecule has 0 bridgehead atoms. The van der Waals surface area contributed by atoms with Gasteiger partial charge >= 0.3 is 6.03 Å². The summed E-state index contributed by atoms with van der Waals surface area (Å²) < 4.78 is 5.76. The van der Waals surface area contributed by atoms with E-state index in [-0.39, 0.29) is 6.03 Å². The molecule has 1 aromatic heterocycles. The SMILES string of the molecule is N#Cc1cccc(Oc2ccc(NC(=O)N3CCC(c4cnc[nH]4)CC3)cc2)c1. The van der Waals surface area contributed by atoms with E-state index < -0.39 is 0 Å². The van der Waals surface area contributed by atoms with E-state index >= 15 is 0 Å². The fourth-order valence-electron chi connectivity index (χ4n) is 3.46. The van der Waals surface area contributed by atoms with Gasteiger partial charge in [-0.05, 0) is 55.3 Å². The highest BCUT2D eigenvalue weighted by Crippen LogP contribution is 2.27. The molecule has 1 aliphatic rings. The van der Waals surface area contributed by atoms with Crippen LogP contribution in [0, 0.1) is 11.3 Å². The predicted molar refractivity (Wildman–Crippen MR) is 109 cm³/mol. The standard InChI is InChI=1S/C22H21N5O2/c23-13-16-2-1-3-20(12-16)29-19-6-4-18(5-7-19)26-22(28)27-10-8-17(9-11-27)21-14-24-15-25-21/h1-7,12,14-15,17H,8-11H2,(H,24,25)(H,26,28). The van der Waals surface area contributed by atoms with Gasteiger partial charge in [0.05, 0.1) is 18.0 Å². The lowest BCUT2D eigenvalue weighted by Crippen LogP contribution is -2.40. The van der Waals surface area contributed by atoms with Crippen molar-refractivity contribution in [1.82, 2.24) is 14.9 Å². The Morgan fingerprint density at radius 3 is 2.66 bits per heavy atom. The third-order valence-electron chi connectivity index (χ3n) is 5.05. The average molecular weight is 387 g/mol. The van der Waals surface area contributed by atoms with Gasteiger partial charge in [-0.2, -0.15) is 5.26 Å². The quantitative estimate of drug-likeness (QED) is 0.690. The molecule has 0 radical (unpaired) electrons. The van der Waals surface area contributed by atoms with Crippen molar-refractivity contribution in [1.29, 1.82) is 5.26 Å². The molecule has 0 unspecified atom stereocenters. The topological polar surface area (TPSA) is 94.0 Å². The Balaban J connectivity index is 1.30. The van der Waals surface area contributed by atoms with Gasteiger partial charge in [-0.15, -0.1) is 0 Å². The summed E-state index contributed by atoms with van der Waals surface area (Å²) >= 11 is 0. The molecule has 0 spiro atoms. The van der Waals surface area contributed by atoms with Crippen LogP contribution < -0.4 is 10.1 Å². The molecule has 2 amide bonds. The Bertz CT molecular complexity index is 1000. The first kappa shape index (κ1) is 18.6. The van der Waals surface area contributed by atoms with E-state index in [1.165, 1.54) is 0 Å². The summed E-state index contributed by atoms with van der Waals surface area (Å²) in [6, 6.07) is 16.2. The number of benzene rings is 2. The summed E-state index contributed by atoms with van der Waals surface area (Å²) in [6.45, 7) is 1.43. The number of urea groups is 1. The van der Waals surface area contributed by atoms with Crippen LogP contribution in [0.3, 0.4) is 0 Å². The normalized spacial score (nSPS) is 14.2. The van der Waals surface area contributed by atoms with Gasteiger partial charge in [0.2, 0.25) is 0 Å². The number of H-pyrrole nitrogens is 1. The number of ether oxygens (including phenoxy) is 1. The molecule has 2 aromatic carbocycles. The van der Waals surface area contributed by atoms with Crippen molar-refractivity contribution < 1.29 is 9.53 Å². The van der Waals surface area contributed by atoms with Crippen LogP contribution in [-0.2, 0) is 0 Å². The van der Waals surface area contributed by atoms with Gasteiger partial charge in [0.1, 0.15) is 11.5 Å².